The van der Waals surface area contributed by atoms with Crippen LogP contribution in [0.25, 0.3) is 0 Å². The fourth-order valence-electron chi connectivity index (χ4n) is 1.45. The molecule has 0 aliphatic carbocycles. The number of hydrogen-bond acceptors (Lipinski definition) is 3. The van der Waals surface area contributed by atoms with Crippen molar-refractivity contribution in [3.63, 3.8) is 0 Å². The number of nitrogens with zero attached hydrogens (tertiary/aromatic N) is 2. The van der Waals surface area contributed by atoms with Gasteiger partial charge in [0.2, 0.25) is 0 Å². The van der Waals surface area contributed by atoms with E-state index >= 15 is 0 Å². The molecule has 0 fully saturated rings. The van der Waals surface area contributed by atoms with Gasteiger partial charge in [0.25, 0.3) is 0 Å². The SMILES string of the molecule is N#Cc1cc(C#N)cc(Oc2cccc(I)c2)c1. The van der Waals surface area contributed by atoms with Crippen LogP contribution in [0, 0.1) is 26.2 Å². The molecule has 0 amide bonds. The van der Waals surface area contributed by atoms with E-state index in [-0.39, 0.29) is 0 Å². The molecule has 0 aliphatic rings. The Balaban J connectivity index is 2.35. The predicted molar refractivity (Wildman–Crippen MR) is 75.1 cm³/mol. The number of benzene rings is 2. The summed E-state index contributed by atoms with van der Waals surface area (Å²) in [7, 11) is 0. The van der Waals surface area contributed by atoms with Gasteiger partial charge in [-0.3, -0.25) is 0 Å². The van der Waals surface area contributed by atoms with Gasteiger partial charge in [-0.15, -0.1) is 0 Å². The average Bonchev–Trinajstić information content (AvgIpc) is 2.38. The second-order valence-corrected chi connectivity index (χ2v) is 4.77. The number of rotatable bonds is 2. The average molecular weight is 346 g/mol. The monoisotopic (exact) mass is 346 g/mol. The highest BCUT2D eigenvalue weighted by Gasteiger charge is 2.03. The van der Waals surface area contributed by atoms with Crippen LogP contribution in [0.5, 0.6) is 11.5 Å². The van der Waals surface area contributed by atoms with Crippen molar-refractivity contribution in [2.75, 3.05) is 0 Å². The van der Waals surface area contributed by atoms with E-state index in [2.05, 4.69) is 22.6 Å². The zero-order valence-corrected chi connectivity index (χ0v) is 11.4. The first kappa shape index (κ1) is 12.4. The zero-order valence-electron chi connectivity index (χ0n) is 9.22. The van der Waals surface area contributed by atoms with Crippen molar-refractivity contribution in [3.05, 3.63) is 57.2 Å². The summed E-state index contributed by atoms with van der Waals surface area (Å²) in [5, 5.41) is 17.8. The van der Waals surface area contributed by atoms with Gasteiger partial charge in [-0.2, -0.15) is 10.5 Å². The first-order chi connectivity index (χ1) is 8.71. The molecule has 4 heteroatoms. The zero-order chi connectivity index (χ0) is 13.0. The van der Waals surface area contributed by atoms with Crippen LogP contribution in [-0.2, 0) is 0 Å². The van der Waals surface area contributed by atoms with Crippen LogP contribution in [0.3, 0.4) is 0 Å². The van der Waals surface area contributed by atoms with Crippen molar-refractivity contribution in [2.45, 2.75) is 0 Å². The summed E-state index contributed by atoms with van der Waals surface area (Å²) in [6, 6.07) is 16.3. The lowest BCUT2D eigenvalue weighted by Gasteiger charge is -2.06. The first-order valence-electron chi connectivity index (χ1n) is 5.10. The molecule has 0 saturated carbocycles. The molecule has 0 radical (unpaired) electrons. The summed E-state index contributed by atoms with van der Waals surface area (Å²) in [6.07, 6.45) is 0. The lowest BCUT2D eigenvalue weighted by atomic mass is 10.1. The summed E-state index contributed by atoms with van der Waals surface area (Å²) < 4.78 is 6.69. The summed E-state index contributed by atoms with van der Waals surface area (Å²) in [6.45, 7) is 0. The molecular weight excluding hydrogens is 339 g/mol. The molecule has 18 heavy (non-hydrogen) atoms. The number of ether oxygens (including phenoxy) is 1. The van der Waals surface area contributed by atoms with Crippen LogP contribution in [0.1, 0.15) is 11.1 Å². The highest BCUT2D eigenvalue weighted by Crippen LogP contribution is 2.24. The second kappa shape index (κ2) is 5.52. The van der Waals surface area contributed by atoms with Gasteiger partial charge in [0, 0.05) is 3.57 Å². The van der Waals surface area contributed by atoms with Gasteiger partial charge >= 0.3 is 0 Å². The Kier molecular flexibility index (Phi) is 3.81. The highest BCUT2D eigenvalue weighted by atomic mass is 127. The van der Waals surface area contributed by atoms with Gasteiger partial charge in [-0.1, -0.05) is 6.07 Å². The Morgan fingerprint density at radius 1 is 0.889 bits per heavy atom. The van der Waals surface area contributed by atoms with Gasteiger partial charge in [-0.25, -0.2) is 0 Å². The van der Waals surface area contributed by atoms with E-state index < -0.39 is 0 Å². The molecule has 0 aromatic heterocycles. The van der Waals surface area contributed by atoms with E-state index in [4.69, 9.17) is 15.3 Å². The summed E-state index contributed by atoms with van der Waals surface area (Å²) >= 11 is 2.19. The Morgan fingerprint density at radius 3 is 2.11 bits per heavy atom. The van der Waals surface area contributed by atoms with E-state index in [1.165, 1.54) is 6.07 Å². The van der Waals surface area contributed by atoms with Crippen LogP contribution in [0.2, 0.25) is 0 Å². The quantitative estimate of drug-likeness (QED) is 0.777. The van der Waals surface area contributed by atoms with Crippen molar-refractivity contribution in [1.29, 1.82) is 10.5 Å². The van der Waals surface area contributed by atoms with Gasteiger partial charge in [0.15, 0.2) is 0 Å². The molecule has 0 saturated heterocycles. The third kappa shape index (κ3) is 2.99. The van der Waals surface area contributed by atoms with Crippen LogP contribution in [0.15, 0.2) is 42.5 Å². The van der Waals surface area contributed by atoms with Gasteiger partial charge < -0.3 is 4.74 Å². The Bertz CT molecular complexity index is 636. The summed E-state index contributed by atoms with van der Waals surface area (Å²) in [5.74, 6) is 1.17. The maximum Gasteiger partial charge on any atom is 0.130 e. The minimum atomic E-state index is 0.412. The predicted octanol–water partition coefficient (Wildman–Crippen LogP) is 3.83. The lowest BCUT2D eigenvalue weighted by Crippen LogP contribution is -1.88. The molecule has 2 aromatic carbocycles. The molecule has 3 nitrogen and oxygen atoms in total. The fraction of sp³-hybridized carbons (Fsp3) is 0. The van der Waals surface area contributed by atoms with Crippen molar-refractivity contribution >= 4 is 22.6 Å². The standard InChI is InChI=1S/C14H7IN2O/c15-12-2-1-3-13(7-12)18-14-5-10(8-16)4-11(6-14)9-17/h1-7H. The van der Waals surface area contributed by atoms with Crippen LogP contribution < -0.4 is 4.74 Å². The fourth-order valence-corrected chi connectivity index (χ4v) is 1.97. The maximum absolute atomic E-state index is 8.88. The summed E-state index contributed by atoms with van der Waals surface area (Å²) in [4.78, 5) is 0. The second-order valence-electron chi connectivity index (χ2n) is 3.53. The van der Waals surface area contributed by atoms with E-state index in [0.29, 0.717) is 22.6 Å². The Labute approximate surface area is 118 Å². The molecule has 0 N–H and O–H groups in total. The van der Waals surface area contributed by atoms with Crippen molar-refractivity contribution in [2.24, 2.45) is 0 Å². The molecule has 0 heterocycles. The first-order valence-corrected chi connectivity index (χ1v) is 6.18. The van der Waals surface area contributed by atoms with E-state index in [1.807, 2.05) is 36.4 Å². The molecule has 0 spiro atoms. The third-order valence-corrected chi connectivity index (χ3v) is 2.87. The van der Waals surface area contributed by atoms with Crippen LogP contribution in [0.4, 0.5) is 0 Å². The molecule has 0 aliphatic heterocycles. The number of nitriles is 2. The topological polar surface area (TPSA) is 56.8 Å². The van der Waals surface area contributed by atoms with Crippen LogP contribution >= 0.6 is 22.6 Å². The lowest BCUT2D eigenvalue weighted by molar-refractivity contribution is 0.482. The van der Waals surface area contributed by atoms with Crippen molar-refractivity contribution in [1.82, 2.24) is 0 Å². The minimum Gasteiger partial charge on any atom is -0.457 e. The van der Waals surface area contributed by atoms with Gasteiger partial charge in [0.05, 0.1) is 23.3 Å². The van der Waals surface area contributed by atoms with E-state index in [0.717, 1.165) is 3.57 Å². The minimum absolute atomic E-state index is 0.412. The van der Waals surface area contributed by atoms with Crippen molar-refractivity contribution in [3.8, 4) is 23.6 Å². The van der Waals surface area contributed by atoms with Gasteiger partial charge in [0.1, 0.15) is 11.5 Å². The molecule has 0 atom stereocenters. The number of hydrogen-bond donors (Lipinski definition) is 0. The smallest absolute Gasteiger partial charge is 0.130 e. The third-order valence-electron chi connectivity index (χ3n) is 2.20. The molecule has 86 valence electrons. The Morgan fingerprint density at radius 2 is 1.56 bits per heavy atom. The molecule has 2 aromatic rings. The molecule has 2 rings (SSSR count). The molecule has 0 bridgehead atoms. The normalized spacial score (nSPS) is 9.28. The Hall–Kier alpha value is -2.05. The van der Waals surface area contributed by atoms with Crippen molar-refractivity contribution < 1.29 is 4.74 Å². The largest absolute Gasteiger partial charge is 0.457 e. The van der Waals surface area contributed by atoms with Crippen LogP contribution in [-0.4, -0.2) is 0 Å². The molecular formula is C14H7IN2O. The summed E-state index contributed by atoms with van der Waals surface area (Å²) in [5.41, 5.74) is 0.823. The van der Waals surface area contributed by atoms with E-state index in [1.54, 1.807) is 12.1 Å². The molecule has 0 unspecified atom stereocenters. The highest BCUT2D eigenvalue weighted by molar-refractivity contribution is 14.1. The van der Waals surface area contributed by atoms with E-state index in [9.17, 15) is 0 Å². The maximum atomic E-state index is 8.88. The number of halogens is 1. The van der Waals surface area contributed by atoms with Gasteiger partial charge in [-0.05, 0) is 59.0 Å².